The van der Waals surface area contributed by atoms with Gasteiger partial charge in [-0.2, -0.15) is 5.10 Å². The lowest BCUT2D eigenvalue weighted by atomic mass is 10.1. The van der Waals surface area contributed by atoms with Crippen LogP contribution in [0.4, 0.5) is 20.2 Å². The molecule has 1 N–H and O–H groups in total. The lowest BCUT2D eigenvalue weighted by molar-refractivity contribution is -0.0363. The summed E-state index contributed by atoms with van der Waals surface area (Å²) in [5.74, 6) is -0.474. The topological polar surface area (TPSA) is 104 Å². The summed E-state index contributed by atoms with van der Waals surface area (Å²) in [6.07, 6.45) is 2.62. The van der Waals surface area contributed by atoms with Crippen LogP contribution in [-0.2, 0) is 15.4 Å². The van der Waals surface area contributed by atoms with Crippen molar-refractivity contribution in [3.05, 3.63) is 47.1 Å². The van der Waals surface area contributed by atoms with Crippen molar-refractivity contribution < 1.29 is 21.9 Å². The number of imidazole rings is 1. The molecular formula is C25H25ClF2N6O3S. The number of anilines is 2. The van der Waals surface area contributed by atoms with Gasteiger partial charge in [-0.25, -0.2) is 27.2 Å². The predicted molar refractivity (Wildman–Crippen MR) is 139 cm³/mol. The van der Waals surface area contributed by atoms with Crippen LogP contribution in [0.25, 0.3) is 22.3 Å². The first-order valence-corrected chi connectivity index (χ1v) is 14.0. The Balaban J connectivity index is 1.42. The average molecular weight is 563 g/mol. The summed E-state index contributed by atoms with van der Waals surface area (Å²) in [6, 6.07) is 6.85. The zero-order valence-electron chi connectivity index (χ0n) is 20.4. The molecule has 6 rings (SSSR count). The molecule has 1 aliphatic heterocycles. The van der Waals surface area contributed by atoms with E-state index in [1.807, 2.05) is 11.6 Å². The number of nitrogens with one attached hydrogen (secondary N) is 1. The molecule has 1 saturated carbocycles. The molecule has 2 fully saturated rings. The number of rotatable bonds is 7. The molecule has 1 aliphatic carbocycles. The van der Waals surface area contributed by atoms with E-state index in [1.165, 1.54) is 10.6 Å². The van der Waals surface area contributed by atoms with Gasteiger partial charge in [0, 0.05) is 23.9 Å². The highest BCUT2D eigenvalue weighted by Crippen LogP contribution is 2.39. The third-order valence-electron chi connectivity index (χ3n) is 7.00. The Morgan fingerprint density at radius 2 is 1.95 bits per heavy atom. The average Bonchev–Trinajstić information content (AvgIpc) is 3.55. The summed E-state index contributed by atoms with van der Waals surface area (Å²) in [6.45, 7) is 2.41. The van der Waals surface area contributed by atoms with Crippen LogP contribution in [-0.4, -0.2) is 39.3 Å². The van der Waals surface area contributed by atoms with Gasteiger partial charge in [-0.1, -0.05) is 17.7 Å². The highest BCUT2D eigenvalue weighted by atomic mass is 35.5. The van der Waals surface area contributed by atoms with Gasteiger partial charge in [0.25, 0.3) is 6.43 Å². The van der Waals surface area contributed by atoms with E-state index in [4.69, 9.17) is 16.3 Å². The molecule has 1 unspecified atom stereocenters. The molecule has 200 valence electrons. The lowest BCUT2D eigenvalue weighted by Crippen LogP contribution is -2.20. The van der Waals surface area contributed by atoms with E-state index in [2.05, 4.69) is 20.4 Å². The van der Waals surface area contributed by atoms with Crippen molar-refractivity contribution in [2.75, 3.05) is 11.9 Å². The maximum atomic E-state index is 14.0. The largest absolute Gasteiger partial charge is 0.358 e. The number of fused-ring (bicyclic) bond motifs is 1. The summed E-state index contributed by atoms with van der Waals surface area (Å²) < 4.78 is 61.7. The number of benzene rings is 1. The number of nitrogens with zero attached hydrogens (tertiary/aromatic N) is 5. The molecule has 4 heterocycles. The second-order valence-corrected chi connectivity index (χ2v) is 10.9. The number of pyridine rings is 1. The molecule has 0 amide bonds. The van der Waals surface area contributed by atoms with Crippen molar-refractivity contribution in [2.24, 2.45) is 0 Å². The Morgan fingerprint density at radius 3 is 2.63 bits per heavy atom. The standard InChI is InChI=1S/C25H25ClF2N6O3S/c1-13-16(12-29-34(13)15-6-7-15)14-5-8-17(19(10-14)38(35)36)30-18-11-20(26)31-24-22(18)32-25(23(27)28)33(24)21-4-2-3-9-37-21/h5,8,10-12,15,21,23,38H,2-4,6-7,9H2,1H3,(H,30,31). The highest BCUT2D eigenvalue weighted by molar-refractivity contribution is 7.72. The minimum absolute atomic E-state index is 0.0429. The van der Waals surface area contributed by atoms with E-state index in [1.54, 1.807) is 24.4 Å². The van der Waals surface area contributed by atoms with Gasteiger partial charge in [0.05, 0.1) is 28.5 Å². The molecule has 9 nitrogen and oxygen atoms in total. The molecule has 0 radical (unpaired) electrons. The highest BCUT2D eigenvalue weighted by Gasteiger charge is 2.29. The van der Waals surface area contributed by atoms with Crippen LogP contribution in [0.5, 0.6) is 0 Å². The first-order valence-electron chi connectivity index (χ1n) is 12.4. The summed E-state index contributed by atoms with van der Waals surface area (Å²) >= 11 is 6.30. The SMILES string of the molecule is Cc1c(-c2ccc(Nc3cc(Cl)nc4c3nc(C(F)F)n4C3CCCCO3)c([SH](=O)=O)c2)cnn1C1CC1. The van der Waals surface area contributed by atoms with Gasteiger partial charge < -0.3 is 10.1 Å². The first-order chi connectivity index (χ1) is 18.3. The lowest BCUT2D eigenvalue weighted by Gasteiger charge is -2.25. The van der Waals surface area contributed by atoms with E-state index in [9.17, 15) is 17.2 Å². The van der Waals surface area contributed by atoms with E-state index >= 15 is 0 Å². The summed E-state index contributed by atoms with van der Waals surface area (Å²) in [5, 5.41) is 7.58. The van der Waals surface area contributed by atoms with Crippen molar-refractivity contribution in [3.8, 4) is 11.1 Å². The van der Waals surface area contributed by atoms with Crippen molar-refractivity contribution in [2.45, 2.75) is 62.6 Å². The van der Waals surface area contributed by atoms with Crippen LogP contribution in [0, 0.1) is 6.92 Å². The number of hydrogen-bond acceptors (Lipinski definition) is 7. The Labute approximate surface area is 223 Å². The Morgan fingerprint density at radius 1 is 1.13 bits per heavy atom. The Hall–Kier alpha value is -3.09. The fraction of sp³-hybridized carbons (Fsp3) is 0.400. The van der Waals surface area contributed by atoms with Crippen molar-refractivity contribution >= 4 is 44.8 Å². The molecule has 2 aliphatic rings. The van der Waals surface area contributed by atoms with E-state index < -0.39 is 29.2 Å². The summed E-state index contributed by atoms with van der Waals surface area (Å²) in [4.78, 5) is 8.51. The van der Waals surface area contributed by atoms with Gasteiger partial charge >= 0.3 is 0 Å². The fourth-order valence-corrected chi connectivity index (χ4v) is 5.77. The normalized spacial score (nSPS) is 18.1. The minimum atomic E-state index is -3.00. The smallest absolute Gasteiger partial charge is 0.295 e. The summed E-state index contributed by atoms with van der Waals surface area (Å²) in [7, 11) is -3.00. The maximum Gasteiger partial charge on any atom is 0.295 e. The molecule has 38 heavy (non-hydrogen) atoms. The van der Waals surface area contributed by atoms with Crippen LogP contribution in [0.1, 0.15) is 62.3 Å². The van der Waals surface area contributed by atoms with Crippen LogP contribution >= 0.6 is 11.6 Å². The summed E-state index contributed by atoms with van der Waals surface area (Å²) in [5.41, 5.74) is 3.36. The predicted octanol–water partition coefficient (Wildman–Crippen LogP) is 5.94. The molecular weight excluding hydrogens is 538 g/mol. The number of halogens is 3. The molecule has 1 atom stereocenters. The second-order valence-electron chi connectivity index (χ2n) is 9.56. The number of aromatic nitrogens is 5. The molecule has 3 aromatic heterocycles. The fourth-order valence-electron chi connectivity index (χ4n) is 5.00. The van der Waals surface area contributed by atoms with Gasteiger partial charge in [-0.05, 0) is 56.7 Å². The zero-order chi connectivity index (χ0) is 26.6. The molecule has 1 saturated heterocycles. The van der Waals surface area contributed by atoms with Gasteiger partial charge in [0.2, 0.25) is 0 Å². The Kier molecular flexibility index (Phi) is 6.57. The van der Waals surface area contributed by atoms with Crippen LogP contribution in [0.15, 0.2) is 35.4 Å². The molecule has 1 aromatic carbocycles. The number of alkyl halides is 2. The van der Waals surface area contributed by atoms with Gasteiger partial charge in [-0.3, -0.25) is 9.25 Å². The van der Waals surface area contributed by atoms with Crippen LogP contribution in [0.2, 0.25) is 5.15 Å². The van der Waals surface area contributed by atoms with Crippen LogP contribution < -0.4 is 5.32 Å². The second kappa shape index (κ2) is 9.90. The third kappa shape index (κ3) is 4.54. The molecule has 0 bridgehead atoms. The van der Waals surface area contributed by atoms with Crippen molar-refractivity contribution in [3.63, 3.8) is 0 Å². The monoisotopic (exact) mass is 562 g/mol. The van der Waals surface area contributed by atoms with Crippen molar-refractivity contribution in [1.29, 1.82) is 0 Å². The zero-order valence-corrected chi connectivity index (χ0v) is 22.1. The van der Waals surface area contributed by atoms with Crippen LogP contribution in [0.3, 0.4) is 0 Å². The third-order valence-corrected chi connectivity index (χ3v) is 7.95. The van der Waals surface area contributed by atoms with Gasteiger partial charge in [0.15, 0.2) is 22.2 Å². The van der Waals surface area contributed by atoms with E-state index in [-0.39, 0.29) is 32.6 Å². The van der Waals surface area contributed by atoms with Gasteiger partial charge in [0.1, 0.15) is 16.9 Å². The van der Waals surface area contributed by atoms with E-state index in [0.717, 1.165) is 36.9 Å². The number of hydrogen-bond donors (Lipinski definition) is 2. The molecule has 4 aromatic rings. The maximum absolute atomic E-state index is 14.0. The number of ether oxygens (including phenoxy) is 1. The van der Waals surface area contributed by atoms with Crippen molar-refractivity contribution in [1.82, 2.24) is 24.3 Å². The molecule has 13 heteroatoms. The van der Waals surface area contributed by atoms with E-state index in [0.29, 0.717) is 24.6 Å². The minimum Gasteiger partial charge on any atom is -0.358 e. The first kappa shape index (κ1) is 25.2. The number of thiol groups is 1. The quantitative estimate of drug-likeness (QED) is 0.212. The van der Waals surface area contributed by atoms with Gasteiger partial charge in [-0.15, -0.1) is 0 Å². The molecule has 0 spiro atoms. The Bertz CT molecular complexity index is 1600.